The molecule has 0 aliphatic rings. The number of rotatable bonds is 5. The highest BCUT2D eigenvalue weighted by Gasteiger charge is 2.23. The van der Waals surface area contributed by atoms with Crippen molar-refractivity contribution in [2.45, 2.75) is 19.4 Å². The number of hydrogen-bond donors (Lipinski definition) is 2. The number of aromatic nitrogens is 1. The molecule has 0 bridgehead atoms. The van der Waals surface area contributed by atoms with Gasteiger partial charge in [-0.05, 0) is 49.7 Å². The van der Waals surface area contributed by atoms with Gasteiger partial charge in [-0.25, -0.2) is 13.8 Å². The minimum absolute atomic E-state index is 0.0167. The number of anilines is 1. The van der Waals surface area contributed by atoms with Crippen LogP contribution in [0, 0.1) is 11.6 Å². The van der Waals surface area contributed by atoms with Crippen molar-refractivity contribution in [3.8, 4) is 11.5 Å². The average Bonchev–Trinajstić information content (AvgIpc) is 3.03. The van der Waals surface area contributed by atoms with E-state index in [9.17, 15) is 13.6 Å². The predicted molar refractivity (Wildman–Crippen MR) is 93.5 cm³/mol. The maximum atomic E-state index is 14.1. The molecule has 0 aliphatic carbocycles. The number of carbonyl (C=O) groups is 1. The van der Waals surface area contributed by atoms with Gasteiger partial charge in [0.05, 0.1) is 17.3 Å². The van der Waals surface area contributed by atoms with Crippen molar-refractivity contribution in [1.82, 2.24) is 4.98 Å². The Balaban J connectivity index is 1.87. The van der Waals surface area contributed by atoms with Crippen LogP contribution in [0.5, 0.6) is 0 Å². The molecule has 3 N–H and O–H groups in total. The van der Waals surface area contributed by atoms with Crippen LogP contribution < -0.4 is 11.1 Å². The second kappa shape index (κ2) is 6.59. The van der Waals surface area contributed by atoms with E-state index in [1.807, 2.05) is 13.8 Å². The molecule has 134 valence electrons. The Morgan fingerprint density at radius 1 is 1.15 bits per heavy atom. The summed E-state index contributed by atoms with van der Waals surface area (Å²) in [5, 5.41) is 3.14. The highest BCUT2D eigenvalue weighted by Crippen LogP contribution is 2.30. The largest absolute Gasteiger partial charge is 0.421 e. The van der Waals surface area contributed by atoms with E-state index in [-0.39, 0.29) is 22.8 Å². The van der Waals surface area contributed by atoms with Gasteiger partial charge in [0.2, 0.25) is 17.7 Å². The highest BCUT2D eigenvalue weighted by molar-refractivity contribution is 5.93. The van der Waals surface area contributed by atoms with Crippen LogP contribution in [-0.4, -0.2) is 10.9 Å². The molecule has 1 heterocycles. The lowest BCUT2D eigenvalue weighted by Crippen LogP contribution is -2.27. The molecule has 0 aliphatic heterocycles. The van der Waals surface area contributed by atoms with Crippen LogP contribution in [0.1, 0.15) is 29.8 Å². The zero-order chi connectivity index (χ0) is 18.9. The van der Waals surface area contributed by atoms with Crippen molar-refractivity contribution >= 4 is 11.8 Å². The molecule has 0 saturated heterocycles. The molecule has 3 aromatic rings. The van der Waals surface area contributed by atoms with Crippen LogP contribution in [0.4, 0.5) is 14.7 Å². The van der Waals surface area contributed by atoms with E-state index in [0.29, 0.717) is 5.88 Å². The van der Waals surface area contributed by atoms with E-state index >= 15 is 0 Å². The summed E-state index contributed by atoms with van der Waals surface area (Å²) < 4.78 is 32.7. The summed E-state index contributed by atoms with van der Waals surface area (Å²) in [4.78, 5) is 15.3. The van der Waals surface area contributed by atoms with Crippen LogP contribution in [0.25, 0.3) is 11.5 Å². The first-order valence-corrected chi connectivity index (χ1v) is 7.86. The van der Waals surface area contributed by atoms with Crippen molar-refractivity contribution in [2.75, 3.05) is 5.32 Å². The predicted octanol–water partition coefficient (Wildman–Crippen LogP) is 4.07. The molecule has 0 unspecified atom stereocenters. The molecule has 7 heteroatoms. The molecular weight excluding hydrogens is 340 g/mol. The third-order valence-electron chi connectivity index (χ3n) is 3.99. The first-order valence-electron chi connectivity index (χ1n) is 7.86. The highest BCUT2D eigenvalue weighted by atomic mass is 19.1. The normalized spacial score (nSPS) is 11.4. The molecule has 3 rings (SSSR count). The molecule has 0 spiro atoms. The molecule has 0 radical (unpaired) electrons. The van der Waals surface area contributed by atoms with Crippen molar-refractivity contribution in [1.29, 1.82) is 0 Å². The molecular formula is C19H17F2N3O2. The van der Waals surface area contributed by atoms with Gasteiger partial charge < -0.3 is 15.5 Å². The summed E-state index contributed by atoms with van der Waals surface area (Å²) in [5.41, 5.74) is 5.66. The summed E-state index contributed by atoms with van der Waals surface area (Å²) in [6.45, 7) is 3.77. The number of primary amides is 1. The molecule has 26 heavy (non-hydrogen) atoms. The zero-order valence-electron chi connectivity index (χ0n) is 14.2. The number of hydrogen-bond acceptors (Lipinski definition) is 4. The molecule has 0 fully saturated rings. The molecule has 0 atom stereocenters. The summed E-state index contributed by atoms with van der Waals surface area (Å²) in [6.07, 6.45) is 1.41. The Morgan fingerprint density at radius 3 is 2.50 bits per heavy atom. The number of oxazole rings is 1. The number of nitrogens with one attached hydrogen (secondary N) is 1. The molecule has 5 nitrogen and oxygen atoms in total. The van der Waals surface area contributed by atoms with E-state index in [1.54, 1.807) is 12.1 Å². The van der Waals surface area contributed by atoms with Gasteiger partial charge >= 0.3 is 0 Å². The Labute approximate surface area is 148 Å². The van der Waals surface area contributed by atoms with Gasteiger partial charge in [-0.15, -0.1) is 0 Å². The zero-order valence-corrected chi connectivity index (χ0v) is 14.2. The van der Waals surface area contributed by atoms with Crippen molar-refractivity contribution in [3.05, 3.63) is 71.4 Å². The van der Waals surface area contributed by atoms with Crippen molar-refractivity contribution in [3.63, 3.8) is 0 Å². The molecule has 0 saturated carbocycles. The lowest BCUT2D eigenvalue weighted by atomic mass is 9.94. The molecule has 1 amide bonds. The topological polar surface area (TPSA) is 81.1 Å². The average molecular weight is 357 g/mol. The molecule has 2 aromatic carbocycles. The van der Waals surface area contributed by atoms with Gasteiger partial charge in [-0.3, -0.25) is 4.79 Å². The standard InChI is InChI=1S/C19H17F2N3O2/c1-19(2,12-4-6-13(20)7-5-12)24-16-10-23-18(26-16)14-9-11(17(22)25)3-8-15(14)21/h3-10,24H,1-2H3,(H2,22,25). The van der Waals surface area contributed by atoms with Crippen LogP contribution in [-0.2, 0) is 5.54 Å². The monoisotopic (exact) mass is 357 g/mol. The van der Waals surface area contributed by atoms with E-state index in [0.717, 1.165) is 11.6 Å². The summed E-state index contributed by atoms with van der Waals surface area (Å²) >= 11 is 0. The first kappa shape index (κ1) is 17.6. The molecule has 1 aromatic heterocycles. The number of halogens is 2. The van der Waals surface area contributed by atoms with Crippen LogP contribution in [0.3, 0.4) is 0 Å². The van der Waals surface area contributed by atoms with E-state index in [4.69, 9.17) is 10.2 Å². The van der Waals surface area contributed by atoms with Crippen LogP contribution in [0.2, 0.25) is 0 Å². The Bertz CT molecular complexity index is 950. The summed E-state index contributed by atoms with van der Waals surface area (Å²) in [6, 6.07) is 9.78. The van der Waals surface area contributed by atoms with Gasteiger partial charge in [0.15, 0.2) is 0 Å². The van der Waals surface area contributed by atoms with Gasteiger partial charge in [-0.2, -0.15) is 0 Å². The number of amides is 1. The smallest absolute Gasteiger partial charge is 0.248 e. The maximum Gasteiger partial charge on any atom is 0.248 e. The van der Waals surface area contributed by atoms with Gasteiger partial charge in [0.1, 0.15) is 11.6 Å². The summed E-state index contributed by atoms with van der Waals surface area (Å²) in [5.74, 6) is -1.26. The van der Waals surface area contributed by atoms with Gasteiger partial charge in [0, 0.05) is 5.56 Å². The quantitative estimate of drug-likeness (QED) is 0.721. The SMILES string of the molecule is CC(C)(Nc1cnc(-c2cc(C(N)=O)ccc2F)o1)c1ccc(F)cc1. The first-order chi connectivity index (χ1) is 12.3. The lowest BCUT2D eigenvalue weighted by molar-refractivity contribution is 0.100. The second-order valence-electron chi connectivity index (χ2n) is 6.35. The van der Waals surface area contributed by atoms with Crippen LogP contribution in [0.15, 0.2) is 53.1 Å². The third-order valence-corrected chi connectivity index (χ3v) is 3.99. The van der Waals surface area contributed by atoms with E-state index < -0.39 is 17.3 Å². The third kappa shape index (κ3) is 3.56. The minimum Gasteiger partial charge on any atom is -0.421 e. The number of carbonyl (C=O) groups excluding carboxylic acids is 1. The van der Waals surface area contributed by atoms with E-state index in [1.165, 1.54) is 30.5 Å². The van der Waals surface area contributed by atoms with Gasteiger partial charge in [-0.1, -0.05) is 12.1 Å². The number of nitrogens with two attached hydrogens (primary N) is 1. The fourth-order valence-corrected chi connectivity index (χ4v) is 2.55. The van der Waals surface area contributed by atoms with E-state index in [2.05, 4.69) is 10.3 Å². The fourth-order valence-electron chi connectivity index (χ4n) is 2.55. The Kier molecular flexibility index (Phi) is 4.46. The van der Waals surface area contributed by atoms with Crippen LogP contribution >= 0.6 is 0 Å². The second-order valence-corrected chi connectivity index (χ2v) is 6.35. The Morgan fingerprint density at radius 2 is 1.85 bits per heavy atom. The minimum atomic E-state index is -0.673. The number of benzene rings is 2. The maximum absolute atomic E-state index is 14.1. The summed E-state index contributed by atoms with van der Waals surface area (Å²) in [7, 11) is 0. The van der Waals surface area contributed by atoms with Crippen molar-refractivity contribution < 1.29 is 18.0 Å². The van der Waals surface area contributed by atoms with Gasteiger partial charge in [0.25, 0.3) is 0 Å². The fraction of sp³-hybridized carbons (Fsp3) is 0.158. The van der Waals surface area contributed by atoms with Crippen molar-refractivity contribution in [2.24, 2.45) is 5.73 Å². The lowest BCUT2D eigenvalue weighted by Gasteiger charge is -2.26. The number of nitrogens with zero attached hydrogens (tertiary/aromatic N) is 1. The Hall–Kier alpha value is -3.22.